The molecule has 0 radical (unpaired) electrons. The molecule has 118 valence electrons. The van der Waals surface area contributed by atoms with Crippen LogP contribution in [0.3, 0.4) is 0 Å². The summed E-state index contributed by atoms with van der Waals surface area (Å²) in [5.41, 5.74) is 7.89. The zero-order valence-electron chi connectivity index (χ0n) is 13.2. The van der Waals surface area contributed by atoms with Gasteiger partial charge in [0.15, 0.2) is 0 Å². The lowest BCUT2D eigenvalue weighted by Crippen LogP contribution is -2.24. The van der Waals surface area contributed by atoms with Gasteiger partial charge in [-0.2, -0.15) is 0 Å². The molecule has 2 rings (SSSR count). The molecule has 22 heavy (non-hydrogen) atoms. The van der Waals surface area contributed by atoms with Crippen molar-refractivity contribution >= 4 is 21.2 Å². The Bertz CT molecular complexity index is 766. The van der Waals surface area contributed by atoms with Crippen LogP contribution in [0.4, 0.5) is 11.4 Å². The number of sulfone groups is 1. The zero-order valence-corrected chi connectivity index (χ0v) is 14.0. The number of rotatable bonds is 5. The fourth-order valence-electron chi connectivity index (χ4n) is 2.45. The van der Waals surface area contributed by atoms with Crippen molar-refractivity contribution in [3.05, 3.63) is 48.0 Å². The lowest BCUT2D eigenvalue weighted by molar-refractivity contribution is 0.595. The van der Waals surface area contributed by atoms with Crippen LogP contribution >= 0.6 is 0 Å². The quantitative estimate of drug-likeness (QED) is 0.860. The number of aryl methyl sites for hydroxylation is 1. The van der Waals surface area contributed by atoms with Gasteiger partial charge >= 0.3 is 0 Å². The number of nitrogens with zero attached hydrogens (tertiary/aromatic N) is 1. The van der Waals surface area contributed by atoms with Gasteiger partial charge in [-0.25, -0.2) is 8.42 Å². The van der Waals surface area contributed by atoms with Gasteiger partial charge < -0.3 is 10.6 Å². The average Bonchev–Trinajstić information content (AvgIpc) is 2.51. The van der Waals surface area contributed by atoms with E-state index in [0.717, 1.165) is 24.3 Å². The maximum atomic E-state index is 13.0. The van der Waals surface area contributed by atoms with Crippen LogP contribution < -0.4 is 10.6 Å². The van der Waals surface area contributed by atoms with Crippen LogP contribution in [-0.4, -0.2) is 21.5 Å². The van der Waals surface area contributed by atoms with Crippen LogP contribution in [0.1, 0.15) is 19.4 Å². The largest absolute Gasteiger partial charge is 0.399 e. The van der Waals surface area contributed by atoms with Crippen molar-refractivity contribution < 1.29 is 8.42 Å². The summed E-state index contributed by atoms with van der Waals surface area (Å²) in [4.78, 5) is 2.65. The number of benzene rings is 2. The second kappa shape index (κ2) is 6.40. The highest BCUT2D eigenvalue weighted by molar-refractivity contribution is 7.91. The zero-order chi connectivity index (χ0) is 16.3. The molecule has 0 aliphatic rings. The first-order chi connectivity index (χ1) is 10.4. The van der Waals surface area contributed by atoms with Gasteiger partial charge in [0, 0.05) is 18.8 Å². The van der Waals surface area contributed by atoms with Crippen LogP contribution in [0.15, 0.2) is 52.3 Å². The van der Waals surface area contributed by atoms with Crippen LogP contribution in [0.2, 0.25) is 0 Å². The van der Waals surface area contributed by atoms with E-state index in [2.05, 4.69) is 0 Å². The normalized spacial score (nSPS) is 11.4. The second-order valence-corrected chi connectivity index (χ2v) is 7.08. The minimum Gasteiger partial charge on any atom is -0.399 e. The smallest absolute Gasteiger partial charge is 0.208 e. The predicted octanol–water partition coefficient (Wildman–Crippen LogP) is 3.26. The molecule has 0 saturated heterocycles. The van der Waals surface area contributed by atoms with E-state index in [9.17, 15) is 8.42 Å². The number of anilines is 2. The fourth-order valence-corrected chi connectivity index (χ4v) is 4.02. The van der Waals surface area contributed by atoms with Gasteiger partial charge in [0.2, 0.25) is 9.84 Å². The van der Waals surface area contributed by atoms with Gasteiger partial charge in [0.1, 0.15) is 0 Å². The Hall–Kier alpha value is -2.01. The monoisotopic (exact) mass is 318 g/mol. The standard InChI is InChI=1S/C17H22N2O2S/c1-4-19(5-2)16-8-6-7-9-17(16)22(20,21)14-10-11-15(18)13(3)12-14/h6-12H,4-5,18H2,1-3H3. The Morgan fingerprint density at radius 1 is 1.05 bits per heavy atom. The minimum absolute atomic E-state index is 0.277. The van der Waals surface area contributed by atoms with E-state index >= 15 is 0 Å². The van der Waals surface area contributed by atoms with Gasteiger partial charge in [-0.3, -0.25) is 0 Å². The third-order valence-corrected chi connectivity index (χ3v) is 5.61. The fraction of sp³-hybridized carbons (Fsp3) is 0.294. The topological polar surface area (TPSA) is 63.4 Å². The molecule has 5 heteroatoms. The summed E-state index contributed by atoms with van der Waals surface area (Å²) in [5, 5.41) is 0. The molecular weight excluding hydrogens is 296 g/mol. The first-order valence-corrected chi connectivity index (χ1v) is 8.85. The van der Waals surface area contributed by atoms with E-state index in [4.69, 9.17) is 5.73 Å². The van der Waals surface area contributed by atoms with Crippen molar-refractivity contribution in [3.63, 3.8) is 0 Å². The molecule has 2 aromatic rings. The van der Waals surface area contributed by atoms with Gasteiger partial charge in [-0.1, -0.05) is 12.1 Å². The van der Waals surface area contributed by atoms with E-state index in [1.807, 2.05) is 37.8 Å². The molecule has 0 fully saturated rings. The molecule has 0 amide bonds. The summed E-state index contributed by atoms with van der Waals surface area (Å²) in [6.07, 6.45) is 0. The van der Waals surface area contributed by atoms with Crippen molar-refractivity contribution in [2.24, 2.45) is 0 Å². The van der Waals surface area contributed by atoms with Crippen molar-refractivity contribution in [1.29, 1.82) is 0 Å². The number of nitrogens with two attached hydrogens (primary N) is 1. The molecule has 4 nitrogen and oxygen atoms in total. The van der Waals surface area contributed by atoms with E-state index in [1.165, 1.54) is 0 Å². The highest BCUT2D eigenvalue weighted by atomic mass is 32.2. The van der Waals surface area contributed by atoms with Crippen molar-refractivity contribution in [2.75, 3.05) is 23.7 Å². The minimum atomic E-state index is -3.57. The van der Waals surface area contributed by atoms with Gasteiger partial charge in [-0.15, -0.1) is 0 Å². The van der Waals surface area contributed by atoms with Crippen LogP contribution in [0.25, 0.3) is 0 Å². The summed E-state index contributed by atoms with van der Waals surface area (Å²) in [7, 11) is -3.57. The molecule has 0 heterocycles. The molecule has 0 unspecified atom stereocenters. The Labute approximate surface area is 132 Å². The van der Waals surface area contributed by atoms with E-state index < -0.39 is 9.84 Å². The van der Waals surface area contributed by atoms with Crippen LogP contribution in [0.5, 0.6) is 0 Å². The maximum Gasteiger partial charge on any atom is 0.208 e. The third-order valence-electron chi connectivity index (χ3n) is 3.81. The van der Waals surface area contributed by atoms with E-state index in [-0.39, 0.29) is 4.90 Å². The Morgan fingerprint density at radius 3 is 2.27 bits per heavy atom. The summed E-state index contributed by atoms with van der Waals surface area (Å²) >= 11 is 0. The van der Waals surface area contributed by atoms with E-state index in [1.54, 1.807) is 30.3 Å². The van der Waals surface area contributed by atoms with Crippen molar-refractivity contribution in [2.45, 2.75) is 30.6 Å². The lowest BCUT2D eigenvalue weighted by Gasteiger charge is -2.24. The molecule has 0 aliphatic carbocycles. The Kier molecular flexibility index (Phi) is 4.76. The lowest BCUT2D eigenvalue weighted by atomic mass is 10.2. The van der Waals surface area contributed by atoms with Gasteiger partial charge in [0.25, 0.3) is 0 Å². The molecule has 2 aromatic carbocycles. The van der Waals surface area contributed by atoms with Gasteiger partial charge in [-0.05, 0) is 56.7 Å². The van der Waals surface area contributed by atoms with Crippen LogP contribution in [0, 0.1) is 6.92 Å². The molecule has 0 bridgehead atoms. The second-order valence-electron chi connectivity index (χ2n) is 5.16. The third kappa shape index (κ3) is 2.95. The Balaban J connectivity index is 2.61. The number of hydrogen-bond donors (Lipinski definition) is 1. The van der Waals surface area contributed by atoms with E-state index in [0.29, 0.717) is 10.6 Å². The Morgan fingerprint density at radius 2 is 1.68 bits per heavy atom. The van der Waals surface area contributed by atoms with Crippen molar-refractivity contribution in [3.8, 4) is 0 Å². The van der Waals surface area contributed by atoms with Gasteiger partial charge in [0.05, 0.1) is 15.5 Å². The summed E-state index contributed by atoms with van der Waals surface area (Å²) in [5.74, 6) is 0. The predicted molar refractivity (Wildman–Crippen MR) is 91.0 cm³/mol. The molecular formula is C17H22N2O2S. The highest BCUT2D eigenvalue weighted by Crippen LogP contribution is 2.31. The molecule has 2 N–H and O–H groups in total. The highest BCUT2D eigenvalue weighted by Gasteiger charge is 2.23. The van der Waals surface area contributed by atoms with Crippen LogP contribution in [-0.2, 0) is 9.84 Å². The molecule has 0 spiro atoms. The SMILES string of the molecule is CCN(CC)c1ccccc1S(=O)(=O)c1ccc(N)c(C)c1. The first-order valence-electron chi connectivity index (χ1n) is 7.37. The molecule has 0 aliphatic heterocycles. The maximum absolute atomic E-state index is 13.0. The first kappa shape index (κ1) is 16.4. The summed E-state index contributed by atoms with van der Waals surface area (Å²) in [6.45, 7) is 7.35. The molecule has 0 aromatic heterocycles. The molecule has 0 saturated carbocycles. The summed E-state index contributed by atoms with van der Waals surface area (Å²) < 4.78 is 26.0. The number of nitrogen functional groups attached to an aromatic ring is 1. The van der Waals surface area contributed by atoms with Crippen molar-refractivity contribution in [1.82, 2.24) is 0 Å². The summed E-state index contributed by atoms with van der Waals surface area (Å²) in [6, 6.07) is 12.0. The number of hydrogen-bond acceptors (Lipinski definition) is 4. The molecule has 0 atom stereocenters. The number of para-hydroxylation sites is 1. The average molecular weight is 318 g/mol.